The number of hydrogen-bond acceptors (Lipinski definition) is 5. The molecule has 0 saturated heterocycles. The van der Waals surface area contributed by atoms with Gasteiger partial charge < -0.3 is 9.84 Å². The summed E-state index contributed by atoms with van der Waals surface area (Å²) >= 11 is 5.47. The van der Waals surface area contributed by atoms with Crippen molar-refractivity contribution in [3.05, 3.63) is 29.0 Å². The molecule has 2 N–H and O–H groups in total. The summed E-state index contributed by atoms with van der Waals surface area (Å²) in [5.41, 5.74) is 0. The van der Waals surface area contributed by atoms with E-state index in [9.17, 15) is 22.4 Å². The molecular formula is C11H11ClFNO6S. The molecule has 0 radical (unpaired) electrons. The SMILES string of the molecule is COC(=O)C[C@H](NS(=O)(=O)c1cccc(Cl)c1F)C(=O)O. The Bertz CT molecular complexity index is 663. The first-order valence-corrected chi connectivity index (χ1v) is 7.31. The molecule has 1 aromatic carbocycles. The predicted octanol–water partition coefficient (Wildman–Crippen LogP) is 0.774. The molecule has 116 valence electrons. The third-order valence-electron chi connectivity index (χ3n) is 2.40. The third-order valence-corrected chi connectivity index (χ3v) is 4.18. The number of carboxylic acids is 1. The van der Waals surface area contributed by atoms with Gasteiger partial charge in [-0.05, 0) is 12.1 Å². The molecule has 1 atom stereocenters. The number of benzene rings is 1. The molecule has 0 aliphatic carbocycles. The van der Waals surface area contributed by atoms with E-state index >= 15 is 0 Å². The van der Waals surface area contributed by atoms with E-state index in [1.54, 1.807) is 4.72 Å². The molecule has 0 heterocycles. The number of methoxy groups -OCH3 is 1. The quantitative estimate of drug-likeness (QED) is 0.741. The van der Waals surface area contributed by atoms with Gasteiger partial charge >= 0.3 is 11.9 Å². The Hall–Kier alpha value is -1.71. The zero-order chi connectivity index (χ0) is 16.2. The molecule has 0 aliphatic heterocycles. The van der Waals surface area contributed by atoms with E-state index in [0.29, 0.717) is 0 Å². The Labute approximate surface area is 124 Å². The van der Waals surface area contributed by atoms with Gasteiger partial charge in [0.25, 0.3) is 0 Å². The number of halogens is 2. The van der Waals surface area contributed by atoms with E-state index in [1.165, 1.54) is 6.07 Å². The first kappa shape index (κ1) is 17.3. The highest BCUT2D eigenvalue weighted by Crippen LogP contribution is 2.22. The highest BCUT2D eigenvalue weighted by atomic mass is 35.5. The number of sulfonamides is 1. The number of carbonyl (C=O) groups is 2. The maximum absolute atomic E-state index is 13.7. The number of carbonyl (C=O) groups excluding carboxylic acids is 1. The summed E-state index contributed by atoms with van der Waals surface area (Å²) < 4.78 is 43.6. The van der Waals surface area contributed by atoms with Gasteiger partial charge in [0, 0.05) is 0 Å². The maximum Gasteiger partial charge on any atom is 0.322 e. The number of ether oxygens (including phenoxy) is 1. The predicted molar refractivity (Wildman–Crippen MR) is 69.8 cm³/mol. The van der Waals surface area contributed by atoms with E-state index in [0.717, 1.165) is 19.2 Å². The van der Waals surface area contributed by atoms with Crippen molar-refractivity contribution in [1.29, 1.82) is 0 Å². The lowest BCUT2D eigenvalue weighted by atomic mass is 10.2. The van der Waals surface area contributed by atoms with Crippen molar-refractivity contribution in [3.63, 3.8) is 0 Å². The minimum Gasteiger partial charge on any atom is -0.480 e. The Balaban J connectivity index is 3.09. The summed E-state index contributed by atoms with van der Waals surface area (Å²) in [4.78, 5) is 21.2. The first-order valence-electron chi connectivity index (χ1n) is 5.45. The number of nitrogens with one attached hydrogen (secondary N) is 1. The van der Waals surface area contributed by atoms with Crippen molar-refractivity contribution >= 4 is 33.6 Å². The van der Waals surface area contributed by atoms with Gasteiger partial charge in [-0.3, -0.25) is 9.59 Å². The van der Waals surface area contributed by atoms with Crippen molar-refractivity contribution in [2.45, 2.75) is 17.4 Å². The van der Waals surface area contributed by atoms with Crippen LogP contribution in [0.3, 0.4) is 0 Å². The largest absolute Gasteiger partial charge is 0.480 e. The van der Waals surface area contributed by atoms with Gasteiger partial charge in [0.1, 0.15) is 10.9 Å². The van der Waals surface area contributed by atoms with Crippen molar-refractivity contribution < 1.29 is 32.2 Å². The van der Waals surface area contributed by atoms with Gasteiger partial charge in [-0.1, -0.05) is 17.7 Å². The fourth-order valence-electron chi connectivity index (χ4n) is 1.37. The van der Waals surface area contributed by atoms with E-state index < -0.39 is 50.2 Å². The summed E-state index contributed by atoms with van der Waals surface area (Å²) in [6.07, 6.45) is -0.743. The minimum atomic E-state index is -4.51. The summed E-state index contributed by atoms with van der Waals surface area (Å²) in [5.74, 6) is -3.75. The molecule has 0 saturated carbocycles. The van der Waals surface area contributed by atoms with Gasteiger partial charge in [-0.25, -0.2) is 12.8 Å². The van der Waals surface area contributed by atoms with Crippen LogP contribution < -0.4 is 4.72 Å². The average molecular weight is 340 g/mol. The molecule has 1 aromatic rings. The smallest absolute Gasteiger partial charge is 0.322 e. The number of esters is 1. The Morgan fingerprint density at radius 2 is 2.10 bits per heavy atom. The zero-order valence-electron chi connectivity index (χ0n) is 10.7. The van der Waals surface area contributed by atoms with E-state index in [-0.39, 0.29) is 0 Å². The fraction of sp³-hybridized carbons (Fsp3) is 0.273. The molecule has 0 amide bonds. The maximum atomic E-state index is 13.7. The highest BCUT2D eigenvalue weighted by molar-refractivity contribution is 7.89. The topological polar surface area (TPSA) is 110 Å². The zero-order valence-corrected chi connectivity index (χ0v) is 12.2. The second kappa shape index (κ2) is 6.83. The summed E-state index contributed by atoms with van der Waals surface area (Å²) in [6.45, 7) is 0. The van der Waals surface area contributed by atoms with Gasteiger partial charge in [-0.15, -0.1) is 0 Å². The molecule has 21 heavy (non-hydrogen) atoms. The Kier molecular flexibility index (Phi) is 5.64. The van der Waals surface area contributed by atoms with Crippen LogP contribution in [0, 0.1) is 5.82 Å². The molecule has 0 unspecified atom stereocenters. The molecule has 7 nitrogen and oxygen atoms in total. The van der Waals surface area contributed by atoms with Crippen LogP contribution in [0.25, 0.3) is 0 Å². The van der Waals surface area contributed by atoms with Crippen molar-refractivity contribution in [1.82, 2.24) is 4.72 Å². The summed E-state index contributed by atoms with van der Waals surface area (Å²) in [6, 6.07) is 1.45. The number of rotatable bonds is 6. The fourth-order valence-corrected chi connectivity index (χ4v) is 2.89. The molecule has 1 rings (SSSR count). The second-order valence-electron chi connectivity index (χ2n) is 3.84. The van der Waals surface area contributed by atoms with E-state index in [2.05, 4.69) is 4.74 Å². The molecule has 0 spiro atoms. The van der Waals surface area contributed by atoms with Crippen LogP contribution in [0.2, 0.25) is 5.02 Å². The molecule has 0 aromatic heterocycles. The lowest BCUT2D eigenvalue weighted by Crippen LogP contribution is -2.42. The van der Waals surface area contributed by atoms with Crippen molar-refractivity contribution in [2.75, 3.05) is 7.11 Å². The number of hydrogen-bond donors (Lipinski definition) is 2. The van der Waals surface area contributed by atoms with Crippen LogP contribution in [-0.4, -0.2) is 38.6 Å². The normalized spacial score (nSPS) is 12.7. The minimum absolute atomic E-state index is 0.433. The van der Waals surface area contributed by atoms with Gasteiger partial charge in [0.2, 0.25) is 10.0 Å². The van der Waals surface area contributed by atoms with Crippen molar-refractivity contribution in [2.24, 2.45) is 0 Å². The monoisotopic (exact) mass is 339 g/mol. The summed E-state index contributed by atoms with van der Waals surface area (Å²) in [7, 11) is -3.49. The Morgan fingerprint density at radius 1 is 1.48 bits per heavy atom. The second-order valence-corrected chi connectivity index (χ2v) is 5.93. The lowest BCUT2D eigenvalue weighted by Gasteiger charge is -2.14. The van der Waals surface area contributed by atoms with E-state index in [1.807, 2.05) is 0 Å². The van der Waals surface area contributed by atoms with Crippen LogP contribution in [0.4, 0.5) is 4.39 Å². The molecule has 0 bridgehead atoms. The number of carboxylic acid groups (broad SMARTS) is 1. The Morgan fingerprint density at radius 3 is 2.62 bits per heavy atom. The standard InChI is InChI=1S/C11H11ClFNO6S/c1-20-9(15)5-7(11(16)17)14-21(18,19)8-4-2-3-6(12)10(8)13/h2-4,7,14H,5H2,1H3,(H,16,17)/t7-/m0/s1. The number of aliphatic carboxylic acids is 1. The average Bonchev–Trinajstić information content (AvgIpc) is 2.40. The van der Waals surface area contributed by atoms with Crippen LogP contribution in [0.1, 0.15) is 6.42 Å². The first-order chi connectivity index (χ1) is 9.69. The molecular weight excluding hydrogens is 329 g/mol. The lowest BCUT2D eigenvalue weighted by molar-refractivity contribution is -0.147. The van der Waals surface area contributed by atoms with Crippen LogP contribution >= 0.6 is 11.6 Å². The van der Waals surface area contributed by atoms with E-state index in [4.69, 9.17) is 16.7 Å². The molecule has 0 fully saturated rings. The van der Waals surface area contributed by atoms with Gasteiger partial charge in [0.15, 0.2) is 5.82 Å². The van der Waals surface area contributed by atoms with Crippen molar-refractivity contribution in [3.8, 4) is 0 Å². The molecule has 0 aliphatic rings. The van der Waals surface area contributed by atoms with Crippen LogP contribution in [0.5, 0.6) is 0 Å². The summed E-state index contributed by atoms with van der Waals surface area (Å²) in [5, 5.41) is 8.46. The van der Waals surface area contributed by atoms with Gasteiger partial charge in [-0.2, -0.15) is 4.72 Å². The van der Waals surface area contributed by atoms with Gasteiger partial charge in [0.05, 0.1) is 18.6 Å². The molecule has 10 heteroatoms. The van der Waals surface area contributed by atoms with Crippen LogP contribution in [0.15, 0.2) is 23.1 Å². The third kappa shape index (κ3) is 4.38. The van der Waals surface area contributed by atoms with Crippen LogP contribution in [-0.2, 0) is 24.3 Å². The highest BCUT2D eigenvalue weighted by Gasteiger charge is 2.30.